The Bertz CT molecular complexity index is 1300. The maximum atomic E-state index is 12.9. The Balaban J connectivity index is 1.25. The van der Waals surface area contributed by atoms with Crippen LogP contribution >= 0.6 is 15.9 Å². The highest BCUT2D eigenvalue weighted by Gasteiger charge is 2.47. The van der Waals surface area contributed by atoms with Gasteiger partial charge in [-0.25, -0.2) is 4.79 Å². The predicted octanol–water partition coefficient (Wildman–Crippen LogP) is 5.36. The van der Waals surface area contributed by atoms with Crippen LogP contribution in [0.4, 0.5) is 10.5 Å². The van der Waals surface area contributed by atoms with Crippen molar-refractivity contribution in [1.82, 2.24) is 4.90 Å². The fourth-order valence-electron chi connectivity index (χ4n) is 4.76. The number of halogens is 1. The summed E-state index contributed by atoms with van der Waals surface area (Å²) in [7, 11) is 0. The van der Waals surface area contributed by atoms with Crippen molar-refractivity contribution in [2.24, 2.45) is 5.41 Å². The van der Waals surface area contributed by atoms with Gasteiger partial charge in [-0.3, -0.25) is 14.9 Å². The maximum absolute atomic E-state index is 12.9. The van der Waals surface area contributed by atoms with E-state index in [0.29, 0.717) is 15.7 Å². The van der Waals surface area contributed by atoms with Crippen molar-refractivity contribution in [3.8, 4) is 11.1 Å². The first kappa shape index (κ1) is 23.1. The third kappa shape index (κ3) is 4.18. The minimum atomic E-state index is -0.931. The molecule has 2 aliphatic rings. The lowest BCUT2D eigenvalue weighted by molar-refractivity contribution is -0.155. The molecule has 5 rings (SSSR count). The zero-order chi connectivity index (χ0) is 24.7. The smallest absolute Gasteiger partial charge is 0.411 e. The third-order valence-electron chi connectivity index (χ3n) is 6.67. The van der Waals surface area contributed by atoms with Crippen LogP contribution in [0.25, 0.3) is 11.1 Å². The summed E-state index contributed by atoms with van der Waals surface area (Å²) in [5, 5.41) is 12.0. The Morgan fingerprint density at radius 2 is 1.63 bits per heavy atom. The summed E-state index contributed by atoms with van der Waals surface area (Å²) >= 11 is 3.37. The van der Waals surface area contributed by atoms with E-state index in [-0.39, 0.29) is 31.5 Å². The molecule has 0 radical (unpaired) electrons. The Labute approximate surface area is 210 Å². The fraction of sp³-hybridized carbons (Fsp3) is 0.222. The molecular weight excluding hydrogens is 512 g/mol. The Hall–Kier alpha value is -3.65. The minimum absolute atomic E-state index is 0.0508. The van der Waals surface area contributed by atoms with Gasteiger partial charge in [-0.2, -0.15) is 0 Å². The predicted molar refractivity (Wildman–Crippen MR) is 134 cm³/mol. The van der Waals surface area contributed by atoms with E-state index in [4.69, 9.17) is 4.74 Å². The minimum Gasteiger partial charge on any atom is -0.481 e. The van der Waals surface area contributed by atoms with Crippen LogP contribution in [0.3, 0.4) is 0 Å². The lowest BCUT2D eigenvalue weighted by Gasteiger charge is -2.44. The van der Waals surface area contributed by atoms with Crippen molar-refractivity contribution in [2.75, 3.05) is 25.0 Å². The number of carboxylic acid groups (broad SMARTS) is 1. The number of aliphatic carboxylic acids is 1. The van der Waals surface area contributed by atoms with Crippen LogP contribution in [0, 0.1) is 5.41 Å². The zero-order valence-electron chi connectivity index (χ0n) is 19.0. The highest BCUT2D eigenvalue weighted by atomic mass is 79.9. The van der Waals surface area contributed by atoms with Gasteiger partial charge in [0.2, 0.25) is 0 Å². The molecule has 35 heavy (non-hydrogen) atoms. The Morgan fingerprint density at radius 1 is 1.03 bits per heavy atom. The van der Waals surface area contributed by atoms with Crippen molar-refractivity contribution >= 4 is 39.6 Å². The molecule has 0 unspecified atom stereocenters. The number of carboxylic acids is 1. The quantitative estimate of drug-likeness (QED) is 0.459. The van der Waals surface area contributed by atoms with Gasteiger partial charge in [0, 0.05) is 29.2 Å². The van der Waals surface area contributed by atoms with Crippen LogP contribution in [-0.2, 0) is 9.53 Å². The molecule has 0 spiro atoms. The van der Waals surface area contributed by atoms with Gasteiger partial charge in [0.25, 0.3) is 5.91 Å². The molecule has 3 aromatic carbocycles. The van der Waals surface area contributed by atoms with E-state index in [2.05, 4.69) is 45.5 Å². The highest BCUT2D eigenvalue weighted by Crippen LogP contribution is 2.44. The summed E-state index contributed by atoms with van der Waals surface area (Å²) in [5.41, 5.74) is 4.38. The monoisotopic (exact) mass is 534 g/mol. The third-order valence-corrected chi connectivity index (χ3v) is 7.36. The summed E-state index contributed by atoms with van der Waals surface area (Å²) in [6.45, 7) is 2.07. The molecule has 1 aliphatic carbocycles. The van der Waals surface area contributed by atoms with E-state index >= 15 is 0 Å². The molecular formula is C27H23BrN2O5. The zero-order valence-corrected chi connectivity index (χ0v) is 20.5. The molecule has 2 amide bonds. The number of nitrogens with one attached hydrogen (secondary N) is 1. The van der Waals surface area contributed by atoms with Crippen LogP contribution in [0.1, 0.15) is 34.3 Å². The van der Waals surface area contributed by atoms with Crippen molar-refractivity contribution < 1.29 is 24.2 Å². The fourth-order valence-corrected chi connectivity index (χ4v) is 5.18. The second-order valence-electron chi connectivity index (χ2n) is 9.17. The first-order chi connectivity index (χ1) is 16.8. The molecule has 0 atom stereocenters. The number of carbonyl (C=O) groups excluding carboxylic acids is 2. The topological polar surface area (TPSA) is 95.9 Å². The van der Waals surface area contributed by atoms with E-state index in [1.807, 2.05) is 24.3 Å². The van der Waals surface area contributed by atoms with Crippen LogP contribution in [0.5, 0.6) is 0 Å². The van der Waals surface area contributed by atoms with E-state index in [9.17, 15) is 19.5 Å². The van der Waals surface area contributed by atoms with Crippen molar-refractivity contribution in [2.45, 2.75) is 12.8 Å². The van der Waals surface area contributed by atoms with Crippen LogP contribution in [0.15, 0.2) is 71.2 Å². The summed E-state index contributed by atoms with van der Waals surface area (Å²) in [6.07, 6.45) is -0.616. The van der Waals surface area contributed by atoms with Gasteiger partial charge in [0.05, 0.1) is 5.56 Å². The van der Waals surface area contributed by atoms with Crippen molar-refractivity contribution in [3.63, 3.8) is 0 Å². The normalized spacial score (nSPS) is 15.5. The molecule has 3 aromatic rings. The van der Waals surface area contributed by atoms with E-state index in [0.717, 1.165) is 22.3 Å². The van der Waals surface area contributed by atoms with Gasteiger partial charge in [0.15, 0.2) is 0 Å². The number of benzene rings is 3. The second kappa shape index (κ2) is 8.85. The molecule has 1 heterocycles. The number of amides is 2. The summed E-state index contributed by atoms with van der Waals surface area (Å²) in [6, 6.07) is 21.1. The highest BCUT2D eigenvalue weighted by molar-refractivity contribution is 9.10. The molecule has 0 saturated carbocycles. The number of likely N-dealkylation sites (tertiary alicyclic amines) is 1. The molecule has 7 nitrogen and oxygen atoms in total. The second-order valence-corrected chi connectivity index (χ2v) is 10.0. The molecule has 0 bridgehead atoms. The largest absolute Gasteiger partial charge is 0.481 e. The molecule has 8 heteroatoms. The van der Waals surface area contributed by atoms with Gasteiger partial charge in [-0.05, 0) is 63.3 Å². The molecule has 178 valence electrons. The van der Waals surface area contributed by atoms with Gasteiger partial charge in [-0.1, -0.05) is 48.5 Å². The molecule has 0 aromatic heterocycles. The van der Waals surface area contributed by atoms with E-state index in [1.54, 1.807) is 25.1 Å². The maximum Gasteiger partial charge on any atom is 0.411 e. The van der Waals surface area contributed by atoms with E-state index in [1.165, 1.54) is 4.90 Å². The standard InChI is InChI=1S/C27H23BrN2O5/c1-27(25(32)33)14-30(15-27)24(31)21-12-16(10-11-23(21)28)29-26(34)35-13-22-19-8-4-2-6-17(19)18-7-3-5-9-20(18)22/h2-12,22H,13-15H2,1H3,(H,29,34)(H,32,33). The number of ether oxygens (including phenoxy) is 1. The number of nitrogens with zero attached hydrogens (tertiary/aromatic N) is 1. The van der Waals surface area contributed by atoms with Crippen molar-refractivity contribution in [3.05, 3.63) is 87.9 Å². The van der Waals surface area contributed by atoms with Gasteiger partial charge >= 0.3 is 12.1 Å². The number of anilines is 1. The molecule has 1 fully saturated rings. The Morgan fingerprint density at radius 3 is 2.23 bits per heavy atom. The van der Waals surface area contributed by atoms with Crippen LogP contribution in [0.2, 0.25) is 0 Å². The van der Waals surface area contributed by atoms with Gasteiger partial charge in [-0.15, -0.1) is 0 Å². The first-order valence-electron chi connectivity index (χ1n) is 11.2. The average Bonchev–Trinajstić information content (AvgIpc) is 3.15. The molecule has 2 N–H and O–H groups in total. The number of rotatable bonds is 5. The summed E-state index contributed by atoms with van der Waals surface area (Å²) in [5.74, 6) is -1.27. The van der Waals surface area contributed by atoms with Crippen LogP contribution < -0.4 is 5.32 Å². The van der Waals surface area contributed by atoms with Gasteiger partial charge < -0.3 is 14.7 Å². The average molecular weight is 535 g/mol. The molecule has 1 saturated heterocycles. The van der Waals surface area contributed by atoms with E-state index < -0.39 is 17.5 Å². The summed E-state index contributed by atoms with van der Waals surface area (Å²) < 4.78 is 6.14. The first-order valence-corrected chi connectivity index (χ1v) is 12.0. The number of fused-ring (bicyclic) bond motifs is 3. The number of carbonyl (C=O) groups is 3. The van der Waals surface area contributed by atoms with Gasteiger partial charge in [0.1, 0.15) is 12.0 Å². The summed E-state index contributed by atoms with van der Waals surface area (Å²) in [4.78, 5) is 38.3. The number of hydrogen-bond acceptors (Lipinski definition) is 4. The SMILES string of the molecule is CC1(C(=O)O)CN(C(=O)c2cc(NC(=O)OCC3c4ccccc4-c4ccccc43)ccc2Br)C1. The molecule has 1 aliphatic heterocycles. The lowest BCUT2D eigenvalue weighted by Crippen LogP contribution is -2.60. The number of hydrogen-bond donors (Lipinski definition) is 2. The lowest BCUT2D eigenvalue weighted by atomic mass is 9.81. The Kier molecular flexibility index (Phi) is 5.84. The van der Waals surface area contributed by atoms with Crippen LogP contribution in [-0.4, -0.2) is 47.7 Å². The van der Waals surface area contributed by atoms with Crippen molar-refractivity contribution in [1.29, 1.82) is 0 Å².